The highest BCUT2D eigenvalue weighted by atomic mass is 16.6. The highest BCUT2D eigenvalue weighted by molar-refractivity contribution is 6.08. The largest absolute Gasteiger partial charge is 0.493 e. The normalized spacial score (nSPS) is 20.7. The van der Waals surface area contributed by atoms with Crippen LogP contribution >= 0.6 is 0 Å². The molecule has 0 saturated carbocycles. The summed E-state index contributed by atoms with van der Waals surface area (Å²) in [5.41, 5.74) is 2.64. The number of ether oxygens (including phenoxy) is 5. The van der Waals surface area contributed by atoms with Crippen molar-refractivity contribution in [3.63, 3.8) is 0 Å². The van der Waals surface area contributed by atoms with Gasteiger partial charge < -0.3 is 23.7 Å². The van der Waals surface area contributed by atoms with Crippen molar-refractivity contribution in [1.29, 1.82) is 0 Å². The number of nitrogens with zero attached hydrogens (tertiary/aromatic N) is 1. The van der Waals surface area contributed by atoms with Gasteiger partial charge in [-0.25, -0.2) is 0 Å². The topological polar surface area (TPSA) is 92.7 Å². The Morgan fingerprint density at radius 3 is 2.29 bits per heavy atom. The number of carbonyl (C=O) groups excluding carboxylic acids is 2. The Morgan fingerprint density at radius 1 is 1.03 bits per heavy atom. The van der Waals surface area contributed by atoms with E-state index in [4.69, 9.17) is 23.7 Å². The number of rotatable bonds is 8. The third kappa shape index (κ3) is 4.44. The summed E-state index contributed by atoms with van der Waals surface area (Å²) in [5, 5.41) is 0. The lowest BCUT2D eigenvalue weighted by atomic mass is 9.71. The zero-order valence-electron chi connectivity index (χ0n) is 18.6. The second kappa shape index (κ2) is 9.96. The molecule has 0 saturated heterocycles. The van der Waals surface area contributed by atoms with Gasteiger partial charge in [0.25, 0.3) is 0 Å². The first kappa shape index (κ1) is 22.8. The van der Waals surface area contributed by atoms with Crippen LogP contribution in [0.4, 0.5) is 0 Å². The Balaban J connectivity index is 2.15. The summed E-state index contributed by atoms with van der Waals surface area (Å²) in [6, 6.07) is 3.57. The maximum atomic E-state index is 13.1. The monoisotopic (exact) mass is 431 g/mol. The second-order valence-electron chi connectivity index (χ2n) is 7.46. The molecule has 2 atom stereocenters. The summed E-state index contributed by atoms with van der Waals surface area (Å²) in [6.45, 7) is 2.22. The van der Waals surface area contributed by atoms with Crippen LogP contribution < -0.4 is 14.2 Å². The van der Waals surface area contributed by atoms with Crippen LogP contribution in [0.2, 0.25) is 0 Å². The summed E-state index contributed by atoms with van der Waals surface area (Å²) >= 11 is 0. The molecule has 168 valence electrons. The van der Waals surface area contributed by atoms with Crippen molar-refractivity contribution in [1.82, 2.24) is 0 Å². The molecule has 1 aromatic carbocycles. The van der Waals surface area contributed by atoms with Crippen LogP contribution in [-0.2, 0) is 19.1 Å². The van der Waals surface area contributed by atoms with Crippen LogP contribution in [0.1, 0.15) is 37.7 Å². The minimum absolute atomic E-state index is 0.00550. The lowest BCUT2D eigenvalue weighted by molar-refractivity contribution is -0.147. The van der Waals surface area contributed by atoms with E-state index >= 15 is 0 Å². The molecule has 2 aliphatic rings. The van der Waals surface area contributed by atoms with E-state index in [9.17, 15) is 9.59 Å². The van der Waals surface area contributed by atoms with Gasteiger partial charge in [0.05, 0.1) is 27.9 Å². The van der Waals surface area contributed by atoms with Gasteiger partial charge in [-0.1, -0.05) is 0 Å². The quantitative estimate of drug-likeness (QED) is 0.461. The van der Waals surface area contributed by atoms with Gasteiger partial charge in [0.1, 0.15) is 12.5 Å². The van der Waals surface area contributed by atoms with Crippen molar-refractivity contribution in [2.24, 2.45) is 10.9 Å². The molecular formula is C23H29NO7. The summed E-state index contributed by atoms with van der Waals surface area (Å²) < 4.78 is 26.9. The van der Waals surface area contributed by atoms with Crippen molar-refractivity contribution in [3.8, 4) is 17.2 Å². The summed E-state index contributed by atoms with van der Waals surface area (Å²) in [5.74, 6) is -0.376. The Labute approximate surface area is 182 Å². The van der Waals surface area contributed by atoms with Gasteiger partial charge in [-0.15, -0.1) is 0 Å². The number of ketones is 1. The molecule has 0 aromatic heterocycles. The Hall–Kier alpha value is -2.87. The molecule has 0 fully saturated rings. The minimum atomic E-state index is -0.736. The van der Waals surface area contributed by atoms with E-state index < -0.39 is 17.8 Å². The first-order valence-electron chi connectivity index (χ1n) is 10.2. The number of aliphatic imine (C=N–C) groups is 1. The van der Waals surface area contributed by atoms with Crippen LogP contribution in [0.25, 0.3) is 0 Å². The Bertz CT molecular complexity index is 893. The van der Waals surface area contributed by atoms with Crippen molar-refractivity contribution in [2.45, 2.75) is 32.1 Å². The zero-order valence-corrected chi connectivity index (χ0v) is 18.6. The standard InChI is InChI=1S/C23H29NO7/c1-13-19(23(26)31-10-9-27-2)20(21-15(24-13)7-6-8-16(21)25)14-11-17(28-3)22(30-5)18(12-14)29-4/h11-12,19-20H,6-10H2,1-5H3/t19?,20-/m1/s1. The molecule has 31 heavy (non-hydrogen) atoms. The van der Waals surface area contributed by atoms with E-state index in [-0.39, 0.29) is 19.0 Å². The van der Waals surface area contributed by atoms with Gasteiger partial charge in [-0.3, -0.25) is 14.6 Å². The average molecular weight is 431 g/mol. The van der Waals surface area contributed by atoms with Crippen LogP contribution in [0, 0.1) is 5.92 Å². The van der Waals surface area contributed by atoms with E-state index in [1.807, 2.05) is 0 Å². The van der Waals surface area contributed by atoms with Gasteiger partial charge in [-0.2, -0.15) is 0 Å². The number of allylic oxidation sites excluding steroid dienone is 2. The van der Waals surface area contributed by atoms with Gasteiger partial charge in [0.15, 0.2) is 17.3 Å². The number of methoxy groups -OCH3 is 4. The zero-order chi connectivity index (χ0) is 22.5. The molecule has 0 radical (unpaired) electrons. The van der Waals surface area contributed by atoms with Gasteiger partial charge in [-0.05, 0) is 37.5 Å². The molecule has 3 rings (SSSR count). The lowest BCUT2D eigenvalue weighted by Gasteiger charge is -2.34. The molecule has 1 aliphatic carbocycles. The van der Waals surface area contributed by atoms with Crippen LogP contribution in [0.3, 0.4) is 0 Å². The van der Waals surface area contributed by atoms with Crippen LogP contribution in [0.15, 0.2) is 28.4 Å². The second-order valence-corrected chi connectivity index (χ2v) is 7.46. The minimum Gasteiger partial charge on any atom is -0.493 e. The molecule has 1 aromatic rings. The molecule has 1 unspecified atom stereocenters. The summed E-state index contributed by atoms with van der Waals surface area (Å²) in [4.78, 5) is 30.7. The van der Waals surface area contributed by atoms with Crippen LogP contribution in [-0.4, -0.2) is 59.1 Å². The van der Waals surface area contributed by atoms with Crippen LogP contribution in [0.5, 0.6) is 17.2 Å². The molecule has 8 nitrogen and oxygen atoms in total. The highest BCUT2D eigenvalue weighted by Crippen LogP contribution is 2.47. The molecule has 8 heteroatoms. The smallest absolute Gasteiger partial charge is 0.315 e. The van der Waals surface area contributed by atoms with E-state index in [1.54, 1.807) is 19.1 Å². The van der Waals surface area contributed by atoms with Gasteiger partial charge in [0.2, 0.25) is 5.75 Å². The first-order chi connectivity index (χ1) is 15.0. The van der Waals surface area contributed by atoms with E-state index in [1.165, 1.54) is 28.4 Å². The lowest BCUT2D eigenvalue weighted by Crippen LogP contribution is -2.37. The molecule has 0 amide bonds. The number of carbonyl (C=O) groups is 2. The third-order valence-corrected chi connectivity index (χ3v) is 5.67. The summed E-state index contributed by atoms with van der Waals surface area (Å²) in [7, 11) is 6.12. The Morgan fingerprint density at radius 2 is 1.71 bits per heavy atom. The fraction of sp³-hybridized carbons (Fsp3) is 0.522. The number of hydrogen-bond acceptors (Lipinski definition) is 8. The van der Waals surface area contributed by atoms with Crippen molar-refractivity contribution in [2.75, 3.05) is 41.7 Å². The van der Waals surface area contributed by atoms with E-state index in [0.717, 1.165) is 12.1 Å². The number of benzene rings is 1. The van der Waals surface area contributed by atoms with Gasteiger partial charge >= 0.3 is 5.97 Å². The molecule has 1 aliphatic heterocycles. The maximum absolute atomic E-state index is 13.1. The maximum Gasteiger partial charge on any atom is 0.315 e. The molecule has 0 N–H and O–H groups in total. The molecular weight excluding hydrogens is 402 g/mol. The predicted molar refractivity (Wildman–Crippen MR) is 114 cm³/mol. The first-order valence-corrected chi connectivity index (χ1v) is 10.2. The van der Waals surface area contributed by atoms with Crippen molar-refractivity contribution in [3.05, 3.63) is 29.0 Å². The Kier molecular flexibility index (Phi) is 7.33. The fourth-order valence-corrected chi connectivity index (χ4v) is 4.27. The highest BCUT2D eigenvalue weighted by Gasteiger charge is 2.43. The molecule has 0 bridgehead atoms. The van der Waals surface area contributed by atoms with Gasteiger partial charge in [0, 0.05) is 36.4 Å². The summed E-state index contributed by atoms with van der Waals surface area (Å²) in [6.07, 6.45) is 1.88. The number of esters is 1. The SMILES string of the molecule is COCCOC(=O)C1C(C)=NC2=C(C(=O)CCC2)[C@@H]1c1cc(OC)c(OC)c(OC)c1. The fourth-order valence-electron chi connectivity index (χ4n) is 4.27. The molecule has 1 heterocycles. The van der Waals surface area contributed by atoms with Crippen molar-refractivity contribution < 1.29 is 33.3 Å². The van der Waals surface area contributed by atoms with E-state index in [2.05, 4.69) is 4.99 Å². The number of hydrogen-bond donors (Lipinski definition) is 0. The molecule has 0 spiro atoms. The van der Waals surface area contributed by atoms with E-state index in [0.29, 0.717) is 46.9 Å². The third-order valence-electron chi connectivity index (χ3n) is 5.67. The van der Waals surface area contributed by atoms with Crippen molar-refractivity contribution >= 4 is 17.5 Å². The predicted octanol–water partition coefficient (Wildman–Crippen LogP) is 3.08. The number of Topliss-reactive ketones (excluding diaryl/α,β-unsaturated/α-hetero) is 1. The average Bonchev–Trinajstić information content (AvgIpc) is 2.77.